The summed E-state index contributed by atoms with van der Waals surface area (Å²) in [6.45, 7) is 6.41. The van der Waals surface area contributed by atoms with E-state index in [0.717, 1.165) is 37.9 Å². The first-order valence-corrected chi connectivity index (χ1v) is 7.41. The van der Waals surface area contributed by atoms with Crippen molar-refractivity contribution in [3.8, 4) is 0 Å². The first kappa shape index (κ1) is 15.0. The fraction of sp³-hybridized carbons (Fsp3) is 0.562. The molecule has 1 heterocycles. The highest BCUT2D eigenvalue weighted by atomic mass is 19.1. The summed E-state index contributed by atoms with van der Waals surface area (Å²) in [5, 5.41) is 3.32. The quantitative estimate of drug-likeness (QED) is 0.918. The monoisotopic (exact) mass is 278 g/mol. The van der Waals surface area contributed by atoms with Gasteiger partial charge >= 0.3 is 0 Å². The van der Waals surface area contributed by atoms with Crippen LogP contribution < -0.4 is 5.32 Å². The molecule has 0 saturated carbocycles. The number of nitrogens with zero attached hydrogens (tertiary/aromatic N) is 1. The minimum absolute atomic E-state index is 0.177. The number of piperidine rings is 1. The summed E-state index contributed by atoms with van der Waals surface area (Å²) in [7, 11) is 0. The third kappa shape index (κ3) is 3.37. The second-order valence-corrected chi connectivity index (χ2v) is 5.48. The highest BCUT2D eigenvalue weighted by Crippen LogP contribution is 2.18. The molecule has 1 aliphatic rings. The Balaban J connectivity index is 2.23. The molecule has 1 unspecified atom stereocenters. The van der Waals surface area contributed by atoms with Gasteiger partial charge in [0.25, 0.3) is 5.91 Å². The van der Waals surface area contributed by atoms with E-state index >= 15 is 0 Å². The van der Waals surface area contributed by atoms with E-state index in [0.29, 0.717) is 6.54 Å². The van der Waals surface area contributed by atoms with Crippen LogP contribution in [0.3, 0.4) is 0 Å². The van der Waals surface area contributed by atoms with E-state index in [4.69, 9.17) is 0 Å². The van der Waals surface area contributed by atoms with Crippen molar-refractivity contribution < 1.29 is 9.18 Å². The van der Waals surface area contributed by atoms with Crippen LogP contribution in [-0.2, 0) is 0 Å². The van der Waals surface area contributed by atoms with Gasteiger partial charge in [-0.2, -0.15) is 0 Å². The summed E-state index contributed by atoms with van der Waals surface area (Å²) in [5.74, 6) is -0.604. The lowest BCUT2D eigenvalue weighted by Crippen LogP contribution is -2.49. The number of rotatable bonds is 4. The van der Waals surface area contributed by atoms with E-state index in [-0.39, 0.29) is 17.5 Å². The molecule has 1 saturated heterocycles. The molecule has 0 radical (unpaired) electrons. The summed E-state index contributed by atoms with van der Waals surface area (Å²) in [6.07, 6.45) is 2.94. The Kier molecular flexibility index (Phi) is 5.12. The van der Waals surface area contributed by atoms with Gasteiger partial charge < -0.3 is 10.2 Å². The van der Waals surface area contributed by atoms with Crippen LogP contribution in [0, 0.1) is 12.7 Å². The Morgan fingerprint density at radius 3 is 2.95 bits per heavy atom. The highest BCUT2D eigenvalue weighted by Gasteiger charge is 2.27. The molecule has 110 valence electrons. The number of carbonyl (C=O) groups excluding carboxylic acids is 1. The SMILES string of the molecule is CCCN(C(=O)c1cc(C)ccc1F)C1CCCNC1. The maximum absolute atomic E-state index is 13.9. The number of nitrogens with one attached hydrogen (secondary N) is 1. The van der Waals surface area contributed by atoms with Crippen molar-refractivity contribution in [3.05, 3.63) is 35.1 Å². The Morgan fingerprint density at radius 2 is 2.30 bits per heavy atom. The van der Waals surface area contributed by atoms with E-state index in [2.05, 4.69) is 5.32 Å². The molecule has 0 aliphatic carbocycles. The van der Waals surface area contributed by atoms with Crippen molar-refractivity contribution in [2.75, 3.05) is 19.6 Å². The smallest absolute Gasteiger partial charge is 0.257 e. The van der Waals surface area contributed by atoms with Gasteiger partial charge in [0.2, 0.25) is 0 Å². The molecule has 1 fully saturated rings. The van der Waals surface area contributed by atoms with Gasteiger partial charge in [-0.05, 0) is 44.9 Å². The summed E-state index contributed by atoms with van der Waals surface area (Å²) >= 11 is 0. The van der Waals surface area contributed by atoms with Gasteiger partial charge in [0.05, 0.1) is 5.56 Å². The van der Waals surface area contributed by atoms with E-state index in [9.17, 15) is 9.18 Å². The van der Waals surface area contributed by atoms with E-state index < -0.39 is 5.82 Å². The number of amides is 1. The van der Waals surface area contributed by atoms with Crippen LogP contribution in [0.1, 0.15) is 42.1 Å². The van der Waals surface area contributed by atoms with Gasteiger partial charge in [0, 0.05) is 19.1 Å². The largest absolute Gasteiger partial charge is 0.334 e. The standard InChI is InChI=1S/C16H23FN2O/c1-3-9-19(13-5-4-8-18-11-13)16(20)14-10-12(2)6-7-15(14)17/h6-7,10,13,18H,3-5,8-9,11H2,1-2H3. The molecule has 1 N–H and O–H groups in total. The average Bonchev–Trinajstić information content (AvgIpc) is 2.47. The minimum atomic E-state index is -0.425. The number of halogens is 1. The maximum atomic E-state index is 13.9. The van der Waals surface area contributed by atoms with Crippen LogP contribution in [0.2, 0.25) is 0 Å². The fourth-order valence-electron chi connectivity index (χ4n) is 2.75. The fourth-order valence-corrected chi connectivity index (χ4v) is 2.75. The van der Waals surface area contributed by atoms with E-state index in [1.54, 1.807) is 12.1 Å². The minimum Gasteiger partial charge on any atom is -0.334 e. The van der Waals surface area contributed by atoms with Crippen molar-refractivity contribution in [1.29, 1.82) is 0 Å². The van der Waals surface area contributed by atoms with Crippen molar-refractivity contribution >= 4 is 5.91 Å². The Hall–Kier alpha value is -1.42. The molecule has 1 amide bonds. The zero-order valence-electron chi connectivity index (χ0n) is 12.3. The summed E-state index contributed by atoms with van der Waals surface area (Å²) in [4.78, 5) is 14.5. The second kappa shape index (κ2) is 6.84. The molecule has 1 aromatic carbocycles. The van der Waals surface area contributed by atoms with Gasteiger partial charge in [-0.25, -0.2) is 4.39 Å². The van der Waals surface area contributed by atoms with Crippen molar-refractivity contribution in [3.63, 3.8) is 0 Å². The van der Waals surface area contributed by atoms with Crippen molar-refractivity contribution in [2.45, 2.75) is 39.2 Å². The Morgan fingerprint density at radius 1 is 1.50 bits per heavy atom. The summed E-state index contributed by atoms with van der Waals surface area (Å²) in [5.41, 5.74) is 1.11. The van der Waals surface area contributed by atoms with E-state index in [1.807, 2.05) is 18.7 Å². The molecule has 20 heavy (non-hydrogen) atoms. The molecule has 4 heteroatoms. The molecule has 1 aromatic rings. The van der Waals surface area contributed by atoms with Crippen LogP contribution in [0.4, 0.5) is 4.39 Å². The first-order valence-electron chi connectivity index (χ1n) is 7.41. The number of aryl methyl sites for hydroxylation is 1. The van der Waals surface area contributed by atoms with Gasteiger partial charge in [0.1, 0.15) is 5.82 Å². The Labute approximate surface area is 120 Å². The Bertz CT molecular complexity index is 470. The molecular formula is C16H23FN2O. The van der Waals surface area contributed by atoms with Crippen LogP contribution in [0.15, 0.2) is 18.2 Å². The van der Waals surface area contributed by atoms with Crippen molar-refractivity contribution in [1.82, 2.24) is 10.2 Å². The lowest BCUT2D eigenvalue weighted by atomic mass is 10.0. The van der Waals surface area contributed by atoms with Crippen LogP contribution >= 0.6 is 0 Å². The highest BCUT2D eigenvalue weighted by molar-refractivity contribution is 5.95. The molecule has 2 rings (SSSR count). The molecule has 1 atom stereocenters. The van der Waals surface area contributed by atoms with Crippen molar-refractivity contribution in [2.24, 2.45) is 0 Å². The predicted octanol–water partition coefficient (Wildman–Crippen LogP) is 2.74. The van der Waals surface area contributed by atoms with Gasteiger partial charge in [0.15, 0.2) is 0 Å². The zero-order valence-corrected chi connectivity index (χ0v) is 12.3. The number of hydrogen-bond donors (Lipinski definition) is 1. The topological polar surface area (TPSA) is 32.3 Å². The molecule has 3 nitrogen and oxygen atoms in total. The van der Waals surface area contributed by atoms with Crippen LogP contribution in [-0.4, -0.2) is 36.5 Å². The van der Waals surface area contributed by atoms with Crippen LogP contribution in [0.5, 0.6) is 0 Å². The average molecular weight is 278 g/mol. The second-order valence-electron chi connectivity index (χ2n) is 5.48. The zero-order chi connectivity index (χ0) is 14.5. The maximum Gasteiger partial charge on any atom is 0.257 e. The van der Waals surface area contributed by atoms with E-state index in [1.165, 1.54) is 6.07 Å². The molecular weight excluding hydrogens is 255 g/mol. The third-order valence-corrected chi connectivity index (χ3v) is 3.79. The molecule has 0 aromatic heterocycles. The molecule has 0 bridgehead atoms. The van der Waals surface area contributed by atoms with Gasteiger partial charge in [-0.15, -0.1) is 0 Å². The van der Waals surface area contributed by atoms with Crippen LogP contribution in [0.25, 0.3) is 0 Å². The lowest BCUT2D eigenvalue weighted by Gasteiger charge is -2.34. The number of benzene rings is 1. The summed E-state index contributed by atoms with van der Waals surface area (Å²) < 4.78 is 13.9. The number of hydrogen-bond acceptors (Lipinski definition) is 2. The predicted molar refractivity (Wildman–Crippen MR) is 78.4 cm³/mol. The third-order valence-electron chi connectivity index (χ3n) is 3.79. The first-order chi connectivity index (χ1) is 9.63. The molecule has 1 aliphatic heterocycles. The van der Waals surface area contributed by atoms with Gasteiger partial charge in [-0.1, -0.05) is 18.6 Å². The number of carbonyl (C=O) groups is 1. The molecule has 0 spiro atoms. The summed E-state index contributed by atoms with van der Waals surface area (Å²) in [6, 6.07) is 4.90. The normalized spacial score (nSPS) is 18.9. The van der Waals surface area contributed by atoms with Gasteiger partial charge in [-0.3, -0.25) is 4.79 Å². The lowest BCUT2D eigenvalue weighted by molar-refractivity contribution is 0.0644.